The molecule has 1 heterocycles. The molecule has 0 aliphatic carbocycles. The van der Waals surface area contributed by atoms with E-state index in [9.17, 15) is 15.0 Å². The van der Waals surface area contributed by atoms with Crippen LogP contribution in [0.2, 0.25) is 0 Å². The average Bonchev–Trinajstić information content (AvgIpc) is 2.42. The highest BCUT2D eigenvalue weighted by molar-refractivity contribution is 5.95. The predicted molar refractivity (Wildman–Crippen MR) is 69.9 cm³/mol. The van der Waals surface area contributed by atoms with Gasteiger partial charge in [0.25, 0.3) is 0 Å². The van der Waals surface area contributed by atoms with Gasteiger partial charge in [-0.15, -0.1) is 0 Å². The van der Waals surface area contributed by atoms with Crippen molar-refractivity contribution in [1.82, 2.24) is 0 Å². The SMILES string of the molecule is COc1c(O)c(O)cc2c(=O)c3ccccc3oc12. The zero-order valence-corrected chi connectivity index (χ0v) is 10.0. The lowest BCUT2D eigenvalue weighted by molar-refractivity contribution is 0.350. The van der Waals surface area contributed by atoms with Gasteiger partial charge in [0.2, 0.25) is 16.9 Å². The lowest BCUT2D eigenvalue weighted by Gasteiger charge is -2.09. The van der Waals surface area contributed by atoms with Gasteiger partial charge in [0.1, 0.15) is 5.58 Å². The molecule has 0 saturated carbocycles. The largest absolute Gasteiger partial charge is 0.504 e. The van der Waals surface area contributed by atoms with Crippen molar-refractivity contribution in [3.8, 4) is 17.2 Å². The second-order valence-corrected chi connectivity index (χ2v) is 4.08. The average molecular weight is 258 g/mol. The van der Waals surface area contributed by atoms with E-state index in [1.54, 1.807) is 24.3 Å². The molecule has 5 nitrogen and oxygen atoms in total. The van der Waals surface area contributed by atoms with E-state index >= 15 is 0 Å². The normalized spacial score (nSPS) is 11.0. The highest BCUT2D eigenvalue weighted by atomic mass is 16.5. The van der Waals surface area contributed by atoms with Crippen LogP contribution in [0, 0.1) is 0 Å². The molecule has 3 aromatic rings. The van der Waals surface area contributed by atoms with Crippen molar-refractivity contribution in [3.05, 3.63) is 40.6 Å². The molecule has 3 rings (SSSR count). The van der Waals surface area contributed by atoms with Gasteiger partial charge in [-0.1, -0.05) is 12.1 Å². The van der Waals surface area contributed by atoms with Crippen molar-refractivity contribution >= 4 is 21.9 Å². The summed E-state index contributed by atoms with van der Waals surface area (Å²) in [7, 11) is 1.32. The van der Waals surface area contributed by atoms with E-state index in [1.807, 2.05) is 0 Å². The molecule has 0 amide bonds. The van der Waals surface area contributed by atoms with E-state index in [0.29, 0.717) is 11.0 Å². The molecule has 2 aromatic carbocycles. The number of benzene rings is 2. The van der Waals surface area contributed by atoms with E-state index < -0.39 is 11.5 Å². The number of hydrogen-bond acceptors (Lipinski definition) is 5. The lowest BCUT2D eigenvalue weighted by Crippen LogP contribution is -2.02. The van der Waals surface area contributed by atoms with Crippen LogP contribution in [-0.2, 0) is 0 Å². The molecular formula is C14H10O5. The second-order valence-electron chi connectivity index (χ2n) is 4.08. The predicted octanol–water partition coefficient (Wildman–Crippen LogP) is 2.37. The van der Waals surface area contributed by atoms with Gasteiger partial charge < -0.3 is 19.4 Å². The van der Waals surface area contributed by atoms with Gasteiger partial charge in [-0.05, 0) is 18.2 Å². The van der Waals surface area contributed by atoms with Crippen LogP contribution in [0.4, 0.5) is 0 Å². The maximum Gasteiger partial charge on any atom is 0.208 e. The highest BCUT2D eigenvalue weighted by Crippen LogP contribution is 2.41. The van der Waals surface area contributed by atoms with E-state index in [1.165, 1.54) is 13.2 Å². The van der Waals surface area contributed by atoms with Crippen LogP contribution in [0.1, 0.15) is 0 Å². The number of rotatable bonds is 1. The van der Waals surface area contributed by atoms with Gasteiger partial charge in [-0.3, -0.25) is 4.79 Å². The Morgan fingerprint density at radius 3 is 2.63 bits per heavy atom. The Morgan fingerprint density at radius 1 is 1.16 bits per heavy atom. The minimum absolute atomic E-state index is 0.0575. The Kier molecular flexibility index (Phi) is 2.35. The minimum atomic E-state index is -0.451. The summed E-state index contributed by atoms with van der Waals surface area (Å²) < 4.78 is 10.6. The molecule has 19 heavy (non-hydrogen) atoms. The first-order chi connectivity index (χ1) is 9.13. The van der Waals surface area contributed by atoms with Crippen LogP contribution in [0.15, 0.2) is 39.5 Å². The fourth-order valence-corrected chi connectivity index (χ4v) is 2.07. The molecule has 0 radical (unpaired) electrons. The Balaban J connectivity index is 2.62. The third kappa shape index (κ3) is 1.52. The number of ether oxygens (including phenoxy) is 1. The topological polar surface area (TPSA) is 79.9 Å². The van der Waals surface area contributed by atoms with Crippen molar-refractivity contribution in [2.75, 3.05) is 7.11 Å². The van der Waals surface area contributed by atoms with Gasteiger partial charge in [-0.25, -0.2) is 0 Å². The number of aromatic hydroxyl groups is 2. The van der Waals surface area contributed by atoms with Crippen molar-refractivity contribution in [1.29, 1.82) is 0 Å². The van der Waals surface area contributed by atoms with Gasteiger partial charge in [0.05, 0.1) is 17.9 Å². The fourth-order valence-electron chi connectivity index (χ4n) is 2.07. The molecule has 0 unspecified atom stereocenters. The lowest BCUT2D eigenvalue weighted by atomic mass is 10.1. The Morgan fingerprint density at radius 2 is 1.89 bits per heavy atom. The maximum atomic E-state index is 12.3. The molecule has 0 bridgehead atoms. The number of para-hydroxylation sites is 1. The zero-order chi connectivity index (χ0) is 13.6. The zero-order valence-electron chi connectivity index (χ0n) is 10.0. The van der Waals surface area contributed by atoms with Crippen molar-refractivity contribution in [3.63, 3.8) is 0 Å². The van der Waals surface area contributed by atoms with E-state index in [-0.39, 0.29) is 22.1 Å². The minimum Gasteiger partial charge on any atom is -0.504 e. The molecule has 1 aromatic heterocycles. The number of phenols is 2. The van der Waals surface area contributed by atoms with Crippen LogP contribution in [-0.4, -0.2) is 17.3 Å². The van der Waals surface area contributed by atoms with Crippen molar-refractivity contribution in [2.45, 2.75) is 0 Å². The molecule has 0 aliphatic heterocycles. The molecule has 5 heteroatoms. The Hall–Kier alpha value is -2.69. The summed E-state index contributed by atoms with van der Waals surface area (Å²) in [6.07, 6.45) is 0. The smallest absolute Gasteiger partial charge is 0.208 e. The van der Waals surface area contributed by atoms with Crippen molar-refractivity contribution in [2.24, 2.45) is 0 Å². The van der Waals surface area contributed by atoms with Crippen LogP contribution in [0.25, 0.3) is 21.9 Å². The maximum absolute atomic E-state index is 12.3. The summed E-state index contributed by atoms with van der Waals surface area (Å²) >= 11 is 0. The molecule has 0 atom stereocenters. The Labute approximate surface area is 107 Å². The van der Waals surface area contributed by atoms with Crippen LogP contribution in [0.5, 0.6) is 17.2 Å². The van der Waals surface area contributed by atoms with E-state index in [4.69, 9.17) is 9.15 Å². The summed E-state index contributed by atoms with van der Waals surface area (Å²) in [6.45, 7) is 0. The second kappa shape index (κ2) is 3.91. The molecule has 0 spiro atoms. The summed E-state index contributed by atoms with van der Waals surface area (Å²) in [5.74, 6) is -0.932. The molecule has 0 saturated heterocycles. The highest BCUT2D eigenvalue weighted by Gasteiger charge is 2.18. The monoisotopic (exact) mass is 258 g/mol. The van der Waals surface area contributed by atoms with E-state index in [2.05, 4.69) is 0 Å². The fraction of sp³-hybridized carbons (Fsp3) is 0.0714. The van der Waals surface area contributed by atoms with Crippen LogP contribution < -0.4 is 10.2 Å². The number of methoxy groups -OCH3 is 1. The number of phenolic OH excluding ortho intramolecular Hbond substituents is 2. The van der Waals surface area contributed by atoms with E-state index in [0.717, 1.165) is 0 Å². The molecule has 2 N–H and O–H groups in total. The Bertz CT molecular complexity index is 848. The molecule has 0 fully saturated rings. The van der Waals surface area contributed by atoms with Crippen LogP contribution >= 0.6 is 0 Å². The first-order valence-electron chi connectivity index (χ1n) is 5.58. The van der Waals surface area contributed by atoms with Crippen molar-refractivity contribution < 1.29 is 19.4 Å². The molecule has 0 aliphatic rings. The molecular weight excluding hydrogens is 248 g/mol. The summed E-state index contributed by atoms with van der Waals surface area (Å²) in [4.78, 5) is 12.3. The summed E-state index contributed by atoms with van der Waals surface area (Å²) in [5, 5.41) is 19.9. The quantitative estimate of drug-likeness (QED) is 0.517. The van der Waals surface area contributed by atoms with Gasteiger partial charge >= 0.3 is 0 Å². The summed E-state index contributed by atoms with van der Waals surface area (Å²) in [5.41, 5.74) is 0.218. The standard InChI is InChI=1S/C14H10O5/c1-18-14-12(17)9(15)6-8-11(16)7-4-2-3-5-10(7)19-13(8)14/h2-6,15,17H,1H3. The molecule has 96 valence electrons. The van der Waals surface area contributed by atoms with Gasteiger partial charge in [-0.2, -0.15) is 0 Å². The van der Waals surface area contributed by atoms with Gasteiger partial charge in [0.15, 0.2) is 11.3 Å². The summed E-state index contributed by atoms with van der Waals surface area (Å²) in [6, 6.07) is 7.93. The first-order valence-corrected chi connectivity index (χ1v) is 5.58. The first kappa shape index (κ1) is 11.4. The number of hydrogen-bond donors (Lipinski definition) is 2. The third-order valence-electron chi connectivity index (χ3n) is 2.98. The third-order valence-corrected chi connectivity index (χ3v) is 2.98. The van der Waals surface area contributed by atoms with Crippen LogP contribution in [0.3, 0.4) is 0 Å². The number of fused-ring (bicyclic) bond motifs is 2. The van der Waals surface area contributed by atoms with Gasteiger partial charge in [0, 0.05) is 0 Å².